The molecule has 3 rings (SSSR count). The zero-order chi connectivity index (χ0) is 17.3. The number of sulfonamides is 1. The highest BCUT2D eigenvalue weighted by molar-refractivity contribution is 7.89. The van der Waals surface area contributed by atoms with Crippen LogP contribution in [0, 0.1) is 0 Å². The largest absolute Gasteiger partial charge is 0.273 e. The van der Waals surface area contributed by atoms with Gasteiger partial charge in [-0.3, -0.25) is 4.79 Å². The van der Waals surface area contributed by atoms with Gasteiger partial charge in [0.05, 0.1) is 16.3 Å². The molecule has 0 saturated heterocycles. The van der Waals surface area contributed by atoms with Crippen molar-refractivity contribution in [2.75, 3.05) is 5.01 Å². The lowest BCUT2D eigenvalue weighted by Crippen LogP contribution is -2.31. The SMILES string of the molecule is NS(=O)(=O)c1ccc(N2N=C(c3ccc(Cl)cc3)CCC2=O)cc1. The Morgan fingerprint density at radius 2 is 1.62 bits per heavy atom. The summed E-state index contributed by atoms with van der Waals surface area (Å²) in [5.74, 6) is -0.156. The van der Waals surface area contributed by atoms with Crippen molar-refractivity contribution in [1.29, 1.82) is 0 Å². The minimum atomic E-state index is -3.77. The summed E-state index contributed by atoms with van der Waals surface area (Å²) >= 11 is 5.89. The van der Waals surface area contributed by atoms with Gasteiger partial charge < -0.3 is 0 Å². The maximum absolute atomic E-state index is 12.2. The molecule has 1 aliphatic rings. The van der Waals surface area contributed by atoms with Crippen LogP contribution in [-0.4, -0.2) is 20.0 Å². The molecule has 0 saturated carbocycles. The van der Waals surface area contributed by atoms with Crippen LogP contribution >= 0.6 is 11.6 Å². The third-order valence-electron chi connectivity index (χ3n) is 3.62. The highest BCUT2D eigenvalue weighted by atomic mass is 35.5. The first-order valence-electron chi connectivity index (χ1n) is 7.14. The van der Waals surface area contributed by atoms with Crippen LogP contribution in [0.2, 0.25) is 5.02 Å². The third-order valence-corrected chi connectivity index (χ3v) is 4.80. The molecule has 2 N–H and O–H groups in total. The fourth-order valence-electron chi connectivity index (χ4n) is 2.38. The Labute approximate surface area is 144 Å². The number of carbonyl (C=O) groups is 1. The average molecular weight is 364 g/mol. The molecule has 0 atom stereocenters. The van der Waals surface area contributed by atoms with Gasteiger partial charge in [-0.1, -0.05) is 23.7 Å². The van der Waals surface area contributed by atoms with Crippen molar-refractivity contribution >= 4 is 38.9 Å². The molecule has 24 heavy (non-hydrogen) atoms. The van der Waals surface area contributed by atoms with E-state index in [0.29, 0.717) is 23.6 Å². The lowest BCUT2D eigenvalue weighted by molar-refractivity contribution is -0.118. The second kappa shape index (κ2) is 6.35. The summed E-state index contributed by atoms with van der Waals surface area (Å²) in [5, 5.41) is 11.4. The van der Waals surface area contributed by atoms with Gasteiger partial charge in [-0.05, 0) is 42.0 Å². The number of hydrogen-bond acceptors (Lipinski definition) is 4. The van der Waals surface area contributed by atoms with E-state index >= 15 is 0 Å². The third kappa shape index (κ3) is 3.48. The monoisotopic (exact) mass is 363 g/mol. The van der Waals surface area contributed by atoms with Gasteiger partial charge in [-0.2, -0.15) is 5.10 Å². The zero-order valence-corrected chi connectivity index (χ0v) is 14.1. The summed E-state index contributed by atoms with van der Waals surface area (Å²) in [6.45, 7) is 0. The molecular weight excluding hydrogens is 350 g/mol. The summed E-state index contributed by atoms with van der Waals surface area (Å²) < 4.78 is 22.6. The lowest BCUT2D eigenvalue weighted by atomic mass is 10.0. The molecule has 1 aliphatic heterocycles. The Balaban J connectivity index is 1.95. The first-order chi connectivity index (χ1) is 11.3. The van der Waals surface area contributed by atoms with Gasteiger partial charge in [0.15, 0.2) is 0 Å². The van der Waals surface area contributed by atoms with E-state index in [0.717, 1.165) is 11.3 Å². The number of benzene rings is 2. The van der Waals surface area contributed by atoms with Crippen LogP contribution in [0.3, 0.4) is 0 Å². The molecule has 0 bridgehead atoms. The van der Waals surface area contributed by atoms with Crippen molar-refractivity contribution in [3.05, 3.63) is 59.1 Å². The summed E-state index contributed by atoms with van der Waals surface area (Å²) in [6.07, 6.45) is 0.852. The summed E-state index contributed by atoms with van der Waals surface area (Å²) in [6, 6.07) is 12.9. The van der Waals surface area contributed by atoms with Crippen LogP contribution in [0.1, 0.15) is 18.4 Å². The highest BCUT2D eigenvalue weighted by Gasteiger charge is 2.23. The number of anilines is 1. The van der Waals surface area contributed by atoms with E-state index in [-0.39, 0.29) is 10.8 Å². The lowest BCUT2D eigenvalue weighted by Gasteiger charge is -2.23. The Kier molecular flexibility index (Phi) is 4.40. The van der Waals surface area contributed by atoms with E-state index < -0.39 is 10.0 Å². The number of hydrazone groups is 1. The van der Waals surface area contributed by atoms with Gasteiger partial charge in [0.2, 0.25) is 15.9 Å². The first kappa shape index (κ1) is 16.6. The van der Waals surface area contributed by atoms with E-state index in [9.17, 15) is 13.2 Å². The van der Waals surface area contributed by atoms with Crippen LogP contribution in [0.25, 0.3) is 0 Å². The Morgan fingerprint density at radius 3 is 2.21 bits per heavy atom. The second-order valence-corrected chi connectivity index (χ2v) is 7.30. The predicted molar refractivity (Wildman–Crippen MR) is 92.5 cm³/mol. The molecule has 0 unspecified atom stereocenters. The molecule has 0 radical (unpaired) electrons. The summed E-state index contributed by atoms with van der Waals surface area (Å²) in [5.41, 5.74) is 2.14. The van der Waals surface area contributed by atoms with Crippen LogP contribution in [-0.2, 0) is 14.8 Å². The molecule has 6 nitrogen and oxygen atoms in total. The summed E-state index contributed by atoms with van der Waals surface area (Å²) in [4.78, 5) is 12.1. The van der Waals surface area contributed by atoms with E-state index in [4.69, 9.17) is 16.7 Å². The normalized spacial score (nSPS) is 15.3. The van der Waals surface area contributed by atoms with Crippen molar-refractivity contribution < 1.29 is 13.2 Å². The van der Waals surface area contributed by atoms with E-state index in [1.165, 1.54) is 29.3 Å². The Bertz CT molecular complexity index is 907. The van der Waals surface area contributed by atoms with Crippen LogP contribution in [0.4, 0.5) is 5.69 Å². The molecule has 8 heteroatoms. The molecule has 0 spiro atoms. The minimum Gasteiger partial charge on any atom is -0.273 e. The molecular formula is C16H14ClN3O3S. The smallest absolute Gasteiger partial charge is 0.247 e. The molecule has 2 aromatic carbocycles. The minimum absolute atomic E-state index is 0.0161. The Hall–Kier alpha value is -2.22. The number of rotatable bonds is 3. The number of primary sulfonamides is 1. The number of nitrogens with zero attached hydrogens (tertiary/aromatic N) is 2. The quantitative estimate of drug-likeness (QED) is 0.907. The maximum atomic E-state index is 12.2. The van der Waals surface area contributed by atoms with Gasteiger partial charge in [-0.15, -0.1) is 0 Å². The molecule has 0 aromatic heterocycles. The van der Waals surface area contributed by atoms with Gasteiger partial charge in [0, 0.05) is 17.9 Å². The molecule has 124 valence electrons. The van der Waals surface area contributed by atoms with Crippen molar-refractivity contribution in [2.45, 2.75) is 17.7 Å². The molecule has 1 amide bonds. The van der Waals surface area contributed by atoms with Crippen molar-refractivity contribution in [3.63, 3.8) is 0 Å². The number of amides is 1. The fourth-order valence-corrected chi connectivity index (χ4v) is 3.02. The average Bonchev–Trinajstić information content (AvgIpc) is 2.55. The van der Waals surface area contributed by atoms with E-state index in [2.05, 4.69) is 5.10 Å². The van der Waals surface area contributed by atoms with Crippen molar-refractivity contribution in [2.24, 2.45) is 10.2 Å². The molecule has 1 heterocycles. The number of carbonyl (C=O) groups excluding carboxylic acids is 1. The number of nitrogens with two attached hydrogens (primary N) is 1. The number of halogens is 1. The van der Waals surface area contributed by atoms with Crippen molar-refractivity contribution in [3.8, 4) is 0 Å². The first-order valence-corrected chi connectivity index (χ1v) is 9.06. The van der Waals surface area contributed by atoms with Crippen LogP contribution in [0.15, 0.2) is 58.5 Å². The predicted octanol–water partition coefficient (Wildman–Crippen LogP) is 2.52. The van der Waals surface area contributed by atoms with Gasteiger partial charge in [0.25, 0.3) is 0 Å². The molecule has 2 aromatic rings. The number of hydrogen-bond donors (Lipinski definition) is 1. The topological polar surface area (TPSA) is 92.8 Å². The Morgan fingerprint density at radius 1 is 1.00 bits per heavy atom. The fraction of sp³-hybridized carbons (Fsp3) is 0.125. The zero-order valence-electron chi connectivity index (χ0n) is 12.5. The second-order valence-electron chi connectivity index (χ2n) is 5.30. The van der Waals surface area contributed by atoms with Gasteiger partial charge >= 0.3 is 0 Å². The highest BCUT2D eigenvalue weighted by Crippen LogP contribution is 2.24. The van der Waals surface area contributed by atoms with Gasteiger partial charge in [-0.25, -0.2) is 18.6 Å². The van der Waals surface area contributed by atoms with E-state index in [1.807, 2.05) is 12.1 Å². The summed E-state index contributed by atoms with van der Waals surface area (Å²) in [7, 11) is -3.77. The van der Waals surface area contributed by atoms with Crippen LogP contribution < -0.4 is 10.1 Å². The van der Waals surface area contributed by atoms with Crippen molar-refractivity contribution in [1.82, 2.24) is 0 Å². The van der Waals surface area contributed by atoms with Gasteiger partial charge in [0.1, 0.15) is 0 Å². The standard InChI is InChI=1S/C16H14ClN3O3S/c17-12-3-1-11(2-4-12)15-9-10-16(21)20(19-15)13-5-7-14(8-6-13)24(18,22)23/h1-8H,9-10H2,(H2,18,22,23). The molecule has 0 fully saturated rings. The van der Waals surface area contributed by atoms with Crippen LogP contribution in [0.5, 0.6) is 0 Å². The van der Waals surface area contributed by atoms with E-state index in [1.54, 1.807) is 12.1 Å². The molecule has 0 aliphatic carbocycles. The maximum Gasteiger partial charge on any atom is 0.247 e.